The SMILES string of the molecule is C1C[NH+]2CCN1CC2.COC(=O)C1(CC(C)=O)OC(=O)C([O-])=C1C(C)=O. The molecule has 9 heteroatoms. The van der Waals surface area contributed by atoms with E-state index in [4.69, 9.17) is 0 Å². The summed E-state index contributed by atoms with van der Waals surface area (Å²) in [5.41, 5.74) is -2.89. The Kier molecular flexibility index (Phi) is 6.14. The summed E-state index contributed by atoms with van der Waals surface area (Å²) in [6.07, 6.45) is -0.605. The summed E-state index contributed by atoms with van der Waals surface area (Å²) in [6, 6.07) is 0. The highest BCUT2D eigenvalue weighted by Gasteiger charge is 2.54. The van der Waals surface area contributed by atoms with Crippen LogP contribution in [0.1, 0.15) is 20.3 Å². The lowest BCUT2D eigenvalue weighted by molar-refractivity contribution is -0.914. The number of nitrogens with zero attached hydrogens (tertiary/aromatic N) is 1. The molecule has 0 saturated carbocycles. The van der Waals surface area contributed by atoms with Crippen molar-refractivity contribution >= 4 is 23.5 Å². The monoisotopic (exact) mass is 368 g/mol. The number of ether oxygens (including phenoxy) is 2. The molecule has 26 heavy (non-hydrogen) atoms. The molecule has 4 heterocycles. The fourth-order valence-electron chi connectivity index (χ4n) is 3.50. The van der Waals surface area contributed by atoms with Gasteiger partial charge in [0.15, 0.2) is 5.78 Å². The zero-order valence-electron chi connectivity index (χ0n) is 15.3. The van der Waals surface area contributed by atoms with Crippen LogP contribution in [0.4, 0.5) is 0 Å². The van der Waals surface area contributed by atoms with Gasteiger partial charge in [-0.05, 0) is 19.6 Å². The van der Waals surface area contributed by atoms with Gasteiger partial charge in [-0.1, -0.05) is 0 Å². The minimum Gasteiger partial charge on any atom is -0.867 e. The van der Waals surface area contributed by atoms with E-state index >= 15 is 0 Å². The lowest BCUT2D eigenvalue weighted by Crippen LogP contribution is -3.17. The van der Waals surface area contributed by atoms with Crippen molar-refractivity contribution < 1.29 is 38.7 Å². The Morgan fingerprint density at radius 1 is 1.19 bits per heavy atom. The first-order valence-corrected chi connectivity index (χ1v) is 8.51. The van der Waals surface area contributed by atoms with Crippen molar-refractivity contribution in [2.45, 2.75) is 25.9 Å². The van der Waals surface area contributed by atoms with E-state index in [9.17, 15) is 24.3 Å². The first-order valence-electron chi connectivity index (χ1n) is 8.51. The summed E-state index contributed by atoms with van der Waals surface area (Å²) < 4.78 is 9.08. The number of Topliss-reactive ketones (excluding diaryl/α,β-unsaturated/α-hetero) is 2. The Labute approximate surface area is 151 Å². The van der Waals surface area contributed by atoms with Gasteiger partial charge in [0.2, 0.25) is 5.60 Å². The van der Waals surface area contributed by atoms with Crippen LogP contribution in [-0.4, -0.2) is 80.4 Å². The Balaban J connectivity index is 0.000000247. The minimum absolute atomic E-state index is 0.526. The third-order valence-corrected chi connectivity index (χ3v) is 4.79. The lowest BCUT2D eigenvalue weighted by Gasteiger charge is -2.38. The second-order valence-electron chi connectivity index (χ2n) is 6.69. The zero-order chi connectivity index (χ0) is 19.5. The largest absolute Gasteiger partial charge is 0.867 e. The number of ketones is 2. The number of methoxy groups -OCH3 is 1. The maximum Gasteiger partial charge on any atom is 0.355 e. The van der Waals surface area contributed by atoms with Gasteiger partial charge in [0.1, 0.15) is 5.78 Å². The molecular formula is C17H24N2O7. The van der Waals surface area contributed by atoms with E-state index in [0.717, 1.165) is 21.0 Å². The molecule has 0 spiro atoms. The molecule has 1 N–H and O–H groups in total. The number of quaternary nitrogens is 1. The van der Waals surface area contributed by atoms with Crippen molar-refractivity contribution in [2.24, 2.45) is 0 Å². The minimum atomic E-state index is -2.24. The molecule has 144 valence electrons. The van der Waals surface area contributed by atoms with E-state index in [1.165, 1.54) is 39.3 Å². The zero-order valence-corrected chi connectivity index (χ0v) is 15.3. The average Bonchev–Trinajstić information content (AvgIpc) is 2.87. The van der Waals surface area contributed by atoms with E-state index in [-0.39, 0.29) is 0 Å². The fraction of sp³-hybridized carbons (Fsp3) is 0.647. The summed E-state index contributed by atoms with van der Waals surface area (Å²) in [7, 11) is 0.999. The molecule has 1 atom stereocenters. The van der Waals surface area contributed by atoms with Gasteiger partial charge in [-0.3, -0.25) is 14.5 Å². The first kappa shape index (κ1) is 20.1. The molecule has 4 rings (SSSR count). The van der Waals surface area contributed by atoms with Crippen molar-refractivity contribution in [3.63, 3.8) is 0 Å². The van der Waals surface area contributed by atoms with E-state index in [1.54, 1.807) is 0 Å². The lowest BCUT2D eigenvalue weighted by atomic mass is 9.87. The molecule has 3 fully saturated rings. The molecule has 0 radical (unpaired) electrons. The van der Waals surface area contributed by atoms with Crippen molar-refractivity contribution in [3.05, 3.63) is 11.3 Å². The quantitative estimate of drug-likeness (QED) is 0.517. The maximum absolute atomic E-state index is 11.7. The van der Waals surface area contributed by atoms with Gasteiger partial charge >= 0.3 is 11.9 Å². The van der Waals surface area contributed by atoms with Gasteiger partial charge in [0.05, 0.1) is 33.2 Å². The van der Waals surface area contributed by atoms with Crippen LogP contribution in [0.15, 0.2) is 11.3 Å². The molecule has 0 aliphatic carbocycles. The van der Waals surface area contributed by atoms with Crippen LogP contribution < -0.4 is 10.0 Å². The molecule has 9 nitrogen and oxygen atoms in total. The van der Waals surface area contributed by atoms with Crippen LogP contribution in [0.5, 0.6) is 0 Å². The van der Waals surface area contributed by atoms with Gasteiger partial charge in [-0.25, -0.2) is 9.59 Å². The number of carbonyl (C=O) groups excluding carboxylic acids is 4. The van der Waals surface area contributed by atoms with E-state index in [2.05, 4.69) is 14.4 Å². The summed E-state index contributed by atoms with van der Waals surface area (Å²) in [4.78, 5) is 49.9. The number of nitrogens with one attached hydrogen (secondary N) is 1. The van der Waals surface area contributed by atoms with Crippen LogP contribution in [0.3, 0.4) is 0 Å². The Hall–Kier alpha value is -2.26. The predicted octanol–water partition coefficient (Wildman–Crippen LogP) is -3.16. The molecular weight excluding hydrogens is 344 g/mol. The molecule has 1 unspecified atom stereocenters. The number of carbonyl (C=O) groups is 4. The van der Waals surface area contributed by atoms with Gasteiger partial charge in [0, 0.05) is 25.2 Å². The fourth-order valence-corrected chi connectivity index (χ4v) is 3.50. The number of piperazine rings is 3. The standard InChI is InChI=1S/C11H12O7.C6H12N2/c1-5(12)4-11(10(16)17-3)7(6(2)13)8(14)9(15)18-11;1-2-8-5-3-7(1)4-6-8/h14H,4H2,1-3H3;1-6H2. The van der Waals surface area contributed by atoms with Crippen molar-refractivity contribution in [1.29, 1.82) is 0 Å². The van der Waals surface area contributed by atoms with Gasteiger partial charge in [0.25, 0.3) is 0 Å². The molecule has 0 aromatic carbocycles. The van der Waals surface area contributed by atoms with Crippen LogP contribution in [-0.2, 0) is 28.7 Å². The third-order valence-electron chi connectivity index (χ3n) is 4.79. The van der Waals surface area contributed by atoms with Crippen molar-refractivity contribution in [3.8, 4) is 0 Å². The van der Waals surface area contributed by atoms with E-state index in [1.807, 2.05) is 4.90 Å². The third kappa shape index (κ3) is 3.94. The normalized spacial score (nSPS) is 29.6. The number of fused-ring (bicyclic) bond motifs is 3. The van der Waals surface area contributed by atoms with Gasteiger partial charge < -0.3 is 19.5 Å². The molecule has 4 aliphatic heterocycles. The molecule has 4 aliphatic rings. The summed E-state index contributed by atoms with van der Waals surface area (Å²) in [6.45, 7) is 10.4. The Morgan fingerprint density at radius 3 is 2.04 bits per heavy atom. The number of hydrogen-bond donors (Lipinski definition) is 1. The average molecular weight is 368 g/mol. The smallest absolute Gasteiger partial charge is 0.355 e. The highest BCUT2D eigenvalue weighted by atomic mass is 16.6. The molecule has 3 saturated heterocycles. The Morgan fingerprint density at radius 2 is 1.73 bits per heavy atom. The summed E-state index contributed by atoms with van der Waals surface area (Å²) in [5, 5.41) is 11.5. The topological polar surface area (TPSA) is 117 Å². The summed E-state index contributed by atoms with van der Waals surface area (Å²) >= 11 is 0. The predicted molar refractivity (Wildman–Crippen MR) is 85.8 cm³/mol. The number of cyclic esters (lactones) is 1. The van der Waals surface area contributed by atoms with Gasteiger partial charge in [-0.2, -0.15) is 0 Å². The van der Waals surface area contributed by atoms with Crippen LogP contribution in [0.2, 0.25) is 0 Å². The number of esters is 2. The second-order valence-corrected chi connectivity index (χ2v) is 6.69. The Bertz CT molecular complexity index is 626. The van der Waals surface area contributed by atoms with Crippen LogP contribution in [0, 0.1) is 0 Å². The first-order chi connectivity index (χ1) is 12.2. The van der Waals surface area contributed by atoms with Crippen molar-refractivity contribution in [2.75, 3.05) is 46.4 Å². The van der Waals surface area contributed by atoms with Crippen LogP contribution in [0.25, 0.3) is 0 Å². The summed E-state index contributed by atoms with van der Waals surface area (Å²) in [5.74, 6) is -5.01. The highest BCUT2D eigenvalue weighted by Crippen LogP contribution is 2.36. The number of hydrogen-bond acceptors (Lipinski definition) is 8. The van der Waals surface area contributed by atoms with E-state index in [0.29, 0.717) is 0 Å². The molecule has 0 amide bonds. The van der Waals surface area contributed by atoms with E-state index < -0.39 is 46.9 Å². The van der Waals surface area contributed by atoms with Crippen molar-refractivity contribution in [1.82, 2.24) is 4.90 Å². The van der Waals surface area contributed by atoms with Crippen LogP contribution >= 0.6 is 0 Å². The molecule has 2 bridgehead atoms. The number of rotatable bonds is 4. The highest BCUT2D eigenvalue weighted by molar-refractivity contribution is 6.13. The maximum atomic E-state index is 11.7. The molecule has 0 aromatic rings. The molecule has 0 aromatic heterocycles. The van der Waals surface area contributed by atoms with Gasteiger partial charge in [-0.15, -0.1) is 0 Å². The second kappa shape index (κ2) is 7.96.